The van der Waals surface area contributed by atoms with Crippen LogP contribution < -0.4 is 0 Å². The van der Waals surface area contributed by atoms with Gasteiger partial charge in [-0.1, -0.05) is 54.6 Å². The summed E-state index contributed by atoms with van der Waals surface area (Å²) in [6.45, 7) is 0. The lowest BCUT2D eigenvalue weighted by molar-refractivity contribution is 0.232. The molecule has 1 unspecified atom stereocenters. The highest BCUT2D eigenvalue weighted by Gasteiger charge is 2.20. The van der Waals surface area contributed by atoms with E-state index in [1.165, 1.54) is 71.7 Å². The summed E-state index contributed by atoms with van der Waals surface area (Å²) >= 11 is 0. The predicted octanol–water partition coefficient (Wildman–Crippen LogP) is 5.17. The van der Waals surface area contributed by atoms with Gasteiger partial charge in [-0.15, -0.1) is 0 Å². The van der Waals surface area contributed by atoms with Crippen molar-refractivity contribution in [1.29, 1.82) is 0 Å². The van der Waals surface area contributed by atoms with Gasteiger partial charge in [-0.25, -0.2) is 0 Å². The average molecular weight is 394 g/mol. The first-order valence-corrected chi connectivity index (χ1v) is 10.9. The molecule has 0 amide bonds. The summed E-state index contributed by atoms with van der Waals surface area (Å²) in [5, 5.41) is 5.64. The second-order valence-corrected chi connectivity index (χ2v) is 8.52. The number of hydrogen-bond donors (Lipinski definition) is 1. The van der Waals surface area contributed by atoms with Crippen molar-refractivity contribution < 1.29 is 17.7 Å². The van der Waals surface area contributed by atoms with Crippen LogP contribution in [0.4, 0.5) is 0 Å². The van der Waals surface area contributed by atoms with Gasteiger partial charge in [0.25, 0.3) is 0 Å². The summed E-state index contributed by atoms with van der Waals surface area (Å²) in [7, 11) is -4.09. The number of allylic oxidation sites excluding steroid dienone is 2. The van der Waals surface area contributed by atoms with Crippen molar-refractivity contribution in [1.82, 2.24) is 0 Å². The van der Waals surface area contributed by atoms with Gasteiger partial charge in [-0.2, -0.15) is 8.42 Å². The third-order valence-corrected chi connectivity index (χ3v) is 6.08. The van der Waals surface area contributed by atoms with Crippen LogP contribution in [0.15, 0.2) is 73.0 Å². The molecule has 0 saturated carbocycles. The molecule has 28 heavy (non-hydrogen) atoms. The summed E-state index contributed by atoms with van der Waals surface area (Å²) < 4.78 is 33.6. The zero-order valence-electron chi connectivity index (χ0n) is 15.4. The summed E-state index contributed by atoms with van der Waals surface area (Å²) in [5.41, 5.74) is 1.94. The Morgan fingerprint density at radius 1 is 0.857 bits per heavy atom. The normalized spacial score (nSPS) is 18.2. The van der Waals surface area contributed by atoms with Gasteiger partial charge in [0.05, 0.1) is 6.26 Å². The predicted molar refractivity (Wildman–Crippen MR) is 113 cm³/mol. The standard InChI is InChI=1S/C18H16.C5H6O4S/c1-3-7-15-13(5-1)9-11-18-16-8-4-2-6-14(16)10-12-17(15)18;6-10(7,8)5-3-1-2-4-9-5/h1,3,5,7,9-12H,2,4,6,8H2;1-5H,(H,6,7,8). The van der Waals surface area contributed by atoms with Gasteiger partial charge in [0.1, 0.15) is 0 Å². The van der Waals surface area contributed by atoms with Gasteiger partial charge in [-0.3, -0.25) is 4.55 Å². The summed E-state index contributed by atoms with van der Waals surface area (Å²) in [6, 6.07) is 18.0. The summed E-state index contributed by atoms with van der Waals surface area (Å²) in [4.78, 5) is 0. The molecule has 0 saturated heterocycles. The van der Waals surface area contributed by atoms with E-state index >= 15 is 0 Å². The van der Waals surface area contributed by atoms with Crippen molar-refractivity contribution in [3.05, 3.63) is 84.1 Å². The van der Waals surface area contributed by atoms with Crippen LogP contribution in [0.3, 0.4) is 0 Å². The Bertz CT molecular complexity index is 1180. The molecule has 4 nitrogen and oxygen atoms in total. The van der Waals surface area contributed by atoms with Crippen molar-refractivity contribution in [2.75, 3.05) is 0 Å². The van der Waals surface area contributed by atoms with Gasteiger partial charge >= 0.3 is 10.1 Å². The minimum Gasteiger partial charge on any atom is -0.475 e. The number of hydrogen-bond acceptors (Lipinski definition) is 3. The van der Waals surface area contributed by atoms with Gasteiger partial charge in [0.2, 0.25) is 5.44 Å². The zero-order valence-corrected chi connectivity index (χ0v) is 16.2. The molecule has 5 heteroatoms. The van der Waals surface area contributed by atoms with Crippen LogP contribution in [0.2, 0.25) is 0 Å². The summed E-state index contributed by atoms with van der Waals surface area (Å²) in [5.74, 6) is 0. The molecule has 1 heterocycles. The second kappa shape index (κ2) is 7.78. The zero-order chi connectivity index (χ0) is 19.6. The Hall–Kier alpha value is -2.63. The number of rotatable bonds is 1. The lowest BCUT2D eigenvalue weighted by Gasteiger charge is -2.18. The van der Waals surface area contributed by atoms with E-state index in [1.807, 2.05) is 0 Å². The highest BCUT2D eigenvalue weighted by atomic mass is 32.2. The minimum atomic E-state index is -4.09. The van der Waals surface area contributed by atoms with Gasteiger partial charge in [-0.05, 0) is 70.5 Å². The molecule has 0 fully saturated rings. The Kier molecular flexibility index (Phi) is 5.20. The molecule has 0 bridgehead atoms. The lowest BCUT2D eigenvalue weighted by atomic mass is 9.86. The third-order valence-electron chi connectivity index (χ3n) is 5.22. The van der Waals surface area contributed by atoms with Gasteiger partial charge < -0.3 is 4.74 Å². The van der Waals surface area contributed by atoms with Crippen molar-refractivity contribution in [3.63, 3.8) is 0 Å². The molecule has 0 radical (unpaired) electrons. The molecule has 3 aromatic rings. The number of ether oxygens (including phenoxy) is 1. The fourth-order valence-electron chi connectivity index (χ4n) is 3.88. The van der Waals surface area contributed by atoms with E-state index in [-0.39, 0.29) is 0 Å². The molecule has 0 spiro atoms. The van der Waals surface area contributed by atoms with Crippen LogP contribution in [-0.2, 0) is 27.7 Å². The van der Waals surface area contributed by atoms with Crippen molar-refractivity contribution in [2.45, 2.75) is 31.1 Å². The molecule has 144 valence electrons. The van der Waals surface area contributed by atoms with E-state index in [0.717, 1.165) is 0 Å². The number of fused-ring (bicyclic) bond motifs is 5. The maximum Gasteiger partial charge on any atom is 0.307 e. The van der Waals surface area contributed by atoms with E-state index in [4.69, 9.17) is 4.55 Å². The molecule has 1 N–H and O–H groups in total. The topological polar surface area (TPSA) is 63.6 Å². The average Bonchev–Trinajstić information content (AvgIpc) is 2.74. The van der Waals surface area contributed by atoms with Crippen LogP contribution in [0, 0.1) is 0 Å². The number of aryl methyl sites for hydroxylation is 2. The van der Waals surface area contributed by atoms with Crippen LogP contribution in [0.25, 0.3) is 21.5 Å². The van der Waals surface area contributed by atoms with E-state index in [1.54, 1.807) is 11.1 Å². The Balaban J connectivity index is 0.000000165. The van der Waals surface area contributed by atoms with Crippen molar-refractivity contribution in [2.24, 2.45) is 0 Å². The molecular formula is C23H22O4S. The molecule has 3 aromatic carbocycles. The largest absolute Gasteiger partial charge is 0.475 e. The quantitative estimate of drug-likeness (QED) is 0.457. The molecule has 2 aliphatic rings. The number of benzene rings is 3. The van der Waals surface area contributed by atoms with Crippen molar-refractivity contribution in [3.8, 4) is 0 Å². The first-order chi connectivity index (χ1) is 13.5. The minimum absolute atomic E-state index is 1.21. The Morgan fingerprint density at radius 3 is 2.39 bits per heavy atom. The SMILES string of the molecule is O=S(=O)(O)C1C=CC=CO1.c1ccc2c(c1)ccc1c3c(ccc12)CCCC3. The molecule has 0 aromatic heterocycles. The van der Waals surface area contributed by atoms with Crippen LogP contribution >= 0.6 is 0 Å². The van der Waals surface area contributed by atoms with Crippen LogP contribution in [0.1, 0.15) is 24.0 Å². The van der Waals surface area contributed by atoms with E-state index in [9.17, 15) is 8.42 Å². The highest BCUT2D eigenvalue weighted by Crippen LogP contribution is 2.33. The molecule has 1 atom stereocenters. The first-order valence-electron chi connectivity index (χ1n) is 9.41. The Morgan fingerprint density at radius 2 is 1.64 bits per heavy atom. The highest BCUT2D eigenvalue weighted by molar-refractivity contribution is 7.86. The van der Waals surface area contributed by atoms with E-state index in [0.29, 0.717) is 0 Å². The maximum atomic E-state index is 10.3. The maximum absolute atomic E-state index is 10.3. The van der Waals surface area contributed by atoms with Gasteiger partial charge in [0, 0.05) is 0 Å². The fourth-order valence-corrected chi connectivity index (χ4v) is 4.37. The van der Waals surface area contributed by atoms with E-state index in [2.05, 4.69) is 53.3 Å². The lowest BCUT2D eigenvalue weighted by Crippen LogP contribution is -2.20. The fraction of sp³-hybridized carbons (Fsp3) is 0.217. The summed E-state index contributed by atoms with van der Waals surface area (Å²) in [6.07, 6.45) is 10.7. The Labute approximate surface area is 164 Å². The van der Waals surface area contributed by atoms with Crippen LogP contribution in [0.5, 0.6) is 0 Å². The van der Waals surface area contributed by atoms with Crippen LogP contribution in [-0.4, -0.2) is 18.4 Å². The molecule has 1 aliphatic carbocycles. The smallest absolute Gasteiger partial charge is 0.307 e. The first kappa shape index (κ1) is 18.7. The molecule has 1 aliphatic heterocycles. The second-order valence-electron chi connectivity index (χ2n) is 7.03. The monoisotopic (exact) mass is 394 g/mol. The van der Waals surface area contributed by atoms with E-state index < -0.39 is 15.6 Å². The molecular weight excluding hydrogens is 372 g/mol. The molecule has 5 rings (SSSR count). The third kappa shape index (κ3) is 3.81. The van der Waals surface area contributed by atoms with Gasteiger partial charge in [0.15, 0.2) is 0 Å². The van der Waals surface area contributed by atoms with Crippen molar-refractivity contribution >= 4 is 31.7 Å².